The number of hydrogen-bond acceptors (Lipinski definition) is 5. The van der Waals surface area contributed by atoms with Crippen LogP contribution >= 0.6 is 12.4 Å². The molecule has 0 heterocycles. The minimum atomic E-state index is -0.563. The van der Waals surface area contributed by atoms with Gasteiger partial charge < -0.3 is 26.2 Å². The standard InChI is InChI=1S/C9H13NO4.ClH/c10-6(1-2-11)5-3-8(13)9(14)4-7(5)12;/h3-4,6,11-14H,1-2,10H2;1H. The zero-order valence-electron chi connectivity index (χ0n) is 7.92. The lowest BCUT2D eigenvalue weighted by Gasteiger charge is -2.13. The summed E-state index contributed by atoms with van der Waals surface area (Å²) in [5.74, 6) is -0.935. The largest absolute Gasteiger partial charge is 0.507 e. The van der Waals surface area contributed by atoms with E-state index in [2.05, 4.69) is 0 Å². The Morgan fingerprint density at radius 2 is 1.60 bits per heavy atom. The number of rotatable bonds is 3. The number of phenolic OH excluding ortho intramolecular Hbond substituents is 3. The molecule has 0 fully saturated rings. The predicted octanol–water partition coefficient (Wildman–Crippen LogP) is 0.607. The molecule has 0 aliphatic heterocycles. The van der Waals surface area contributed by atoms with E-state index in [0.29, 0.717) is 5.56 Å². The fourth-order valence-electron chi connectivity index (χ4n) is 1.17. The fourth-order valence-corrected chi connectivity index (χ4v) is 1.17. The lowest BCUT2D eigenvalue weighted by Crippen LogP contribution is -2.11. The van der Waals surface area contributed by atoms with Crippen molar-refractivity contribution in [3.63, 3.8) is 0 Å². The van der Waals surface area contributed by atoms with E-state index < -0.39 is 11.8 Å². The molecule has 0 aromatic heterocycles. The van der Waals surface area contributed by atoms with Crippen molar-refractivity contribution in [2.24, 2.45) is 5.73 Å². The van der Waals surface area contributed by atoms with Crippen molar-refractivity contribution in [1.29, 1.82) is 0 Å². The van der Waals surface area contributed by atoms with Gasteiger partial charge in [-0.1, -0.05) is 0 Å². The maximum atomic E-state index is 9.38. The average molecular weight is 236 g/mol. The molecule has 1 aromatic rings. The second-order valence-electron chi connectivity index (χ2n) is 3.02. The normalized spacial score (nSPS) is 11.9. The molecule has 0 saturated carbocycles. The van der Waals surface area contributed by atoms with Gasteiger partial charge in [-0.2, -0.15) is 0 Å². The van der Waals surface area contributed by atoms with Crippen LogP contribution < -0.4 is 5.73 Å². The SMILES string of the molecule is Cl.NC(CCO)c1cc(O)c(O)cc1O. The minimum Gasteiger partial charge on any atom is -0.507 e. The van der Waals surface area contributed by atoms with Gasteiger partial charge in [-0.05, 0) is 12.5 Å². The Kier molecular flexibility index (Phi) is 5.21. The molecule has 1 aromatic carbocycles. The van der Waals surface area contributed by atoms with Crippen LogP contribution in [0, 0.1) is 0 Å². The number of hydrogen-bond donors (Lipinski definition) is 5. The molecule has 0 spiro atoms. The number of aliphatic hydroxyl groups excluding tert-OH is 1. The van der Waals surface area contributed by atoms with Crippen molar-refractivity contribution in [2.45, 2.75) is 12.5 Å². The van der Waals surface area contributed by atoms with Crippen LogP contribution in [0.15, 0.2) is 12.1 Å². The molecular weight excluding hydrogens is 222 g/mol. The first-order valence-electron chi connectivity index (χ1n) is 4.17. The number of aliphatic hydroxyl groups is 1. The highest BCUT2D eigenvalue weighted by molar-refractivity contribution is 5.85. The van der Waals surface area contributed by atoms with E-state index in [1.165, 1.54) is 6.07 Å². The Labute approximate surface area is 93.2 Å². The summed E-state index contributed by atoms with van der Waals surface area (Å²) in [7, 11) is 0. The lowest BCUT2D eigenvalue weighted by atomic mass is 10.0. The summed E-state index contributed by atoms with van der Waals surface area (Å²) in [5, 5.41) is 36.2. The van der Waals surface area contributed by atoms with Crippen LogP contribution in [0.4, 0.5) is 0 Å². The fraction of sp³-hybridized carbons (Fsp3) is 0.333. The highest BCUT2D eigenvalue weighted by Crippen LogP contribution is 2.35. The van der Waals surface area contributed by atoms with E-state index in [1.807, 2.05) is 0 Å². The first-order chi connectivity index (χ1) is 6.56. The van der Waals surface area contributed by atoms with E-state index in [1.54, 1.807) is 0 Å². The molecular formula is C9H14ClNO4. The van der Waals surface area contributed by atoms with Crippen LogP contribution in [0.5, 0.6) is 17.2 Å². The predicted molar refractivity (Wildman–Crippen MR) is 57.3 cm³/mol. The van der Waals surface area contributed by atoms with Crippen molar-refractivity contribution < 1.29 is 20.4 Å². The molecule has 0 radical (unpaired) electrons. The van der Waals surface area contributed by atoms with Gasteiger partial charge in [-0.25, -0.2) is 0 Å². The lowest BCUT2D eigenvalue weighted by molar-refractivity contribution is 0.275. The number of benzene rings is 1. The number of halogens is 1. The van der Waals surface area contributed by atoms with E-state index in [0.717, 1.165) is 6.07 Å². The summed E-state index contributed by atoms with van der Waals surface area (Å²) in [6.45, 7) is -0.109. The molecule has 1 atom stereocenters. The summed E-state index contributed by atoms with van der Waals surface area (Å²) in [6.07, 6.45) is 0.276. The third-order valence-electron chi connectivity index (χ3n) is 1.96. The number of phenols is 3. The quantitative estimate of drug-likeness (QED) is 0.390. The molecule has 0 bridgehead atoms. The first-order valence-corrected chi connectivity index (χ1v) is 4.17. The van der Waals surface area contributed by atoms with E-state index in [-0.39, 0.29) is 36.9 Å². The molecule has 0 aliphatic rings. The van der Waals surface area contributed by atoms with Crippen LogP contribution in [0.3, 0.4) is 0 Å². The van der Waals surface area contributed by atoms with Gasteiger partial charge >= 0.3 is 0 Å². The van der Waals surface area contributed by atoms with Gasteiger partial charge in [0.15, 0.2) is 11.5 Å². The molecule has 0 amide bonds. The molecule has 15 heavy (non-hydrogen) atoms. The molecule has 1 unspecified atom stereocenters. The zero-order chi connectivity index (χ0) is 10.7. The Hall–Kier alpha value is -1.17. The monoisotopic (exact) mass is 235 g/mol. The van der Waals surface area contributed by atoms with Crippen LogP contribution in [-0.4, -0.2) is 27.0 Å². The average Bonchev–Trinajstić information content (AvgIpc) is 2.11. The molecule has 5 nitrogen and oxygen atoms in total. The molecule has 0 saturated heterocycles. The Morgan fingerprint density at radius 3 is 2.13 bits per heavy atom. The van der Waals surface area contributed by atoms with E-state index >= 15 is 0 Å². The summed E-state index contributed by atoms with van der Waals surface area (Å²) < 4.78 is 0. The minimum absolute atomic E-state index is 0. The van der Waals surface area contributed by atoms with Gasteiger partial charge in [-0.15, -0.1) is 12.4 Å². The second kappa shape index (κ2) is 5.65. The van der Waals surface area contributed by atoms with Crippen LogP contribution in [0.2, 0.25) is 0 Å². The maximum absolute atomic E-state index is 9.38. The molecule has 86 valence electrons. The van der Waals surface area contributed by atoms with Gasteiger partial charge in [-0.3, -0.25) is 0 Å². The highest BCUT2D eigenvalue weighted by Gasteiger charge is 2.13. The first kappa shape index (κ1) is 13.8. The van der Waals surface area contributed by atoms with Gasteiger partial charge in [0.05, 0.1) is 0 Å². The van der Waals surface area contributed by atoms with Crippen LogP contribution in [0.25, 0.3) is 0 Å². The number of aromatic hydroxyl groups is 3. The van der Waals surface area contributed by atoms with Crippen molar-refractivity contribution in [1.82, 2.24) is 0 Å². The van der Waals surface area contributed by atoms with Crippen molar-refractivity contribution in [3.05, 3.63) is 17.7 Å². The van der Waals surface area contributed by atoms with Crippen LogP contribution in [-0.2, 0) is 0 Å². The summed E-state index contributed by atoms with van der Waals surface area (Å²) in [4.78, 5) is 0. The third-order valence-corrected chi connectivity index (χ3v) is 1.96. The zero-order valence-corrected chi connectivity index (χ0v) is 8.74. The van der Waals surface area contributed by atoms with E-state index in [9.17, 15) is 5.11 Å². The molecule has 6 heteroatoms. The Balaban J connectivity index is 0.00000196. The summed E-state index contributed by atoms with van der Waals surface area (Å²) in [6, 6.07) is 1.64. The van der Waals surface area contributed by atoms with E-state index in [4.69, 9.17) is 21.1 Å². The third kappa shape index (κ3) is 3.16. The van der Waals surface area contributed by atoms with Gasteiger partial charge in [0, 0.05) is 24.3 Å². The van der Waals surface area contributed by atoms with Crippen LogP contribution in [0.1, 0.15) is 18.0 Å². The van der Waals surface area contributed by atoms with Crippen molar-refractivity contribution in [3.8, 4) is 17.2 Å². The Bertz CT molecular complexity index is 332. The Morgan fingerprint density at radius 1 is 1.07 bits per heavy atom. The maximum Gasteiger partial charge on any atom is 0.161 e. The van der Waals surface area contributed by atoms with Crippen molar-refractivity contribution >= 4 is 12.4 Å². The van der Waals surface area contributed by atoms with Gasteiger partial charge in [0.1, 0.15) is 5.75 Å². The summed E-state index contributed by atoms with van der Waals surface area (Å²) in [5.41, 5.74) is 5.91. The molecule has 1 rings (SSSR count). The molecule has 6 N–H and O–H groups in total. The second-order valence-corrected chi connectivity index (χ2v) is 3.02. The number of nitrogens with two attached hydrogens (primary N) is 1. The molecule has 0 aliphatic carbocycles. The van der Waals surface area contributed by atoms with Gasteiger partial charge in [0.25, 0.3) is 0 Å². The van der Waals surface area contributed by atoms with Gasteiger partial charge in [0.2, 0.25) is 0 Å². The topological polar surface area (TPSA) is 107 Å². The summed E-state index contributed by atoms with van der Waals surface area (Å²) >= 11 is 0. The highest BCUT2D eigenvalue weighted by atomic mass is 35.5. The van der Waals surface area contributed by atoms with Crippen molar-refractivity contribution in [2.75, 3.05) is 6.61 Å². The smallest absolute Gasteiger partial charge is 0.161 e.